The van der Waals surface area contributed by atoms with Crippen LogP contribution >= 0.6 is 23.4 Å². The van der Waals surface area contributed by atoms with E-state index in [1.165, 1.54) is 51.7 Å². The lowest BCUT2D eigenvalue weighted by Gasteiger charge is -2.14. The third kappa shape index (κ3) is 5.55. The second kappa shape index (κ2) is 11.0. The topological polar surface area (TPSA) is 64.0 Å². The number of amides is 1. The lowest BCUT2D eigenvalue weighted by atomic mass is 10.1. The third-order valence-electron chi connectivity index (χ3n) is 6.39. The first-order valence-corrected chi connectivity index (χ1v) is 13.5. The van der Waals surface area contributed by atoms with E-state index in [4.69, 9.17) is 11.6 Å². The van der Waals surface area contributed by atoms with Crippen molar-refractivity contribution in [3.63, 3.8) is 0 Å². The van der Waals surface area contributed by atoms with Crippen molar-refractivity contribution in [2.24, 2.45) is 0 Å². The number of carbonyl (C=O) groups excluding carboxylic acids is 1. The maximum atomic E-state index is 14.5. The Labute approximate surface area is 221 Å². The molecule has 0 spiro atoms. The maximum absolute atomic E-state index is 14.5. The number of fused-ring (bicyclic) bond motifs is 2. The van der Waals surface area contributed by atoms with Crippen molar-refractivity contribution >= 4 is 45.9 Å². The van der Waals surface area contributed by atoms with E-state index < -0.39 is 17.2 Å². The number of nitrogens with one attached hydrogen (secondary N) is 1. The van der Waals surface area contributed by atoms with E-state index in [2.05, 4.69) is 22.4 Å². The fraction of sp³-hybridized carbons (Fsp3) is 0.250. The molecule has 0 bridgehead atoms. The molecule has 0 fully saturated rings. The van der Waals surface area contributed by atoms with Crippen molar-refractivity contribution < 1.29 is 13.6 Å². The molecule has 9 heteroatoms. The van der Waals surface area contributed by atoms with Crippen LogP contribution < -0.4 is 10.9 Å². The minimum absolute atomic E-state index is 0.0456. The van der Waals surface area contributed by atoms with E-state index in [0.717, 1.165) is 31.0 Å². The van der Waals surface area contributed by atoms with E-state index in [9.17, 15) is 18.4 Å². The molecule has 0 radical (unpaired) electrons. The molecule has 0 saturated heterocycles. The predicted molar refractivity (Wildman–Crippen MR) is 144 cm³/mol. The molecule has 0 aliphatic heterocycles. The minimum Gasteiger partial charge on any atom is -0.326 e. The van der Waals surface area contributed by atoms with Gasteiger partial charge in [0.05, 0.1) is 16.2 Å². The molecule has 3 aromatic carbocycles. The number of hydrogen-bond acceptors (Lipinski definition) is 4. The quantitative estimate of drug-likeness (QED) is 0.154. The Morgan fingerprint density at radius 2 is 1.86 bits per heavy atom. The van der Waals surface area contributed by atoms with Crippen molar-refractivity contribution in [1.82, 2.24) is 9.55 Å². The van der Waals surface area contributed by atoms with Crippen LogP contribution in [0.3, 0.4) is 0 Å². The van der Waals surface area contributed by atoms with E-state index in [-0.39, 0.29) is 27.5 Å². The largest absolute Gasteiger partial charge is 0.326 e. The van der Waals surface area contributed by atoms with Gasteiger partial charge in [0, 0.05) is 17.9 Å². The Kier molecular flexibility index (Phi) is 7.58. The number of aryl methyl sites for hydroxylation is 2. The van der Waals surface area contributed by atoms with E-state index in [1.807, 2.05) is 6.07 Å². The van der Waals surface area contributed by atoms with Crippen LogP contribution in [0.5, 0.6) is 0 Å². The first-order chi connectivity index (χ1) is 17.9. The maximum Gasteiger partial charge on any atom is 0.269 e. The van der Waals surface area contributed by atoms with Crippen LogP contribution in [0, 0.1) is 11.6 Å². The number of rotatable bonds is 8. The molecule has 0 saturated carbocycles. The van der Waals surface area contributed by atoms with Crippen LogP contribution in [0.4, 0.5) is 14.5 Å². The molecule has 4 aromatic rings. The number of benzene rings is 3. The molecule has 1 N–H and O–H groups in total. The summed E-state index contributed by atoms with van der Waals surface area (Å²) < 4.78 is 29.9. The zero-order valence-electron chi connectivity index (χ0n) is 19.9. The number of nitrogens with zero attached hydrogens (tertiary/aromatic N) is 2. The molecule has 0 atom stereocenters. The van der Waals surface area contributed by atoms with Crippen LogP contribution in [0.25, 0.3) is 16.6 Å². The van der Waals surface area contributed by atoms with Gasteiger partial charge >= 0.3 is 0 Å². The number of aromatic nitrogens is 2. The number of unbranched alkanes of at least 4 members (excludes halogenated alkanes) is 1. The summed E-state index contributed by atoms with van der Waals surface area (Å²) in [6, 6.07) is 14.3. The lowest BCUT2D eigenvalue weighted by molar-refractivity contribution is -0.116. The summed E-state index contributed by atoms with van der Waals surface area (Å²) in [5.74, 6) is -0.861. The van der Waals surface area contributed by atoms with Gasteiger partial charge in [-0.25, -0.2) is 13.8 Å². The number of anilines is 1. The lowest BCUT2D eigenvalue weighted by Crippen LogP contribution is -2.23. The summed E-state index contributed by atoms with van der Waals surface area (Å²) >= 11 is 7.11. The van der Waals surface area contributed by atoms with Gasteiger partial charge in [-0.05, 0) is 85.7 Å². The first-order valence-electron chi connectivity index (χ1n) is 12.1. The van der Waals surface area contributed by atoms with E-state index >= 15 is 0 Å². The molecule has 1 amide bonds. The average molecular weight is 540 g/mol. The highest BCUT2D eigenvalue weighted by atomic mass is 35.5. The van der Waals surface area contributed by atoms with E-state index in [0.29, 0.717) is 30.2 Å². The van der Waals surface area contributed by atoms with Gasteiger partial charge < -0.3 is 5.32 Å². The fourth-order valence-electron chi connectivity index (χ4n) is 4.54. The predicted octanol–water partition coefficient (Wildman–Crippen LogP) is 6.71. The van der Waals surface area contributed by atoms with Crippen LogP contribution in [0.15, 0.2) is 64.5 Å². The van der Waals surface area contributed by atoms with Gasteiger partial charge in [-0.1, -0.05) is 35.5 Å². The van der Waals surface area contributed by atoms with Crippen LogP contribution in [0.2, 0.25) is 5.02 Å². The van der Waals surface area contributed by atoms with Gasteiger partial charge in [-0.2, -0.15) is 0 Å². The second-order valence-electron chi connectivity index (χ2n) is 8.96. The number of carbonyl (C=O) groups is 1. The van der Waals surface area contributed by atoms with Crippen molar-refractivity contribution in [2.75, 3.05) is 11.1 Å². The molecule has 1 aliphatic carbocycles. The zero-order chi connectivity index (χ0) is 25.9. The highest BCUT2D eigenvalue weighted by Crippen LogP contribution is 2.27. The summed E-state index contributed by atoms with van der Waals surface area (Å²) in [5.41, 5.74) is 3.31. The molecule has 1 aliphatic rings. The summed E-state index contributed by atoms with van der Waals surface area (Å²) in [5, 5.41) is 3.04. The third-order valence-corrected chi connectivity index (χ3v) is 7.72. The standard InChI is InChI=1S/C28H24ClF2N3O2S/c29-21-13-12-20(16-23(21)31)34-27(36)26-22(30)7-4-8-24(26)33-28(34)37-14-2-1-9-25(35)32-19-11-10-17-5-3-6-18(17)15-19/h4,7-8,10-13,15-16H,1-3,5-6,9,14H2,(H,32,35). The van der Waals surface area contributed by atoms with Gasteiger partial charge in [-0.15, -0.1) is 0 Å². The molecule has 0 unspecified atom stereocenters. The molecule has 5 rings (SSSR count). The van der Waals surface area contributed by atoms with Gasteiger partial charge in [0.2, 0.25) is 5.91 Å². The van der Waals surface area contributed by atoms with Crippen molar-refractivity contribution in [2.45, 2.75) is 43.7 Å². The van der Waals surface area contributed by atoms with Crippen molar-refractivity contribution in [3.05, 3.63) is 92.7 Å². The Bertz CT molecular complexity index is 1560. The Morgan fingerprint density at radius 3 is 2.70 bits per heavy atom. The van der Waals surface area contributed by atoms with Crippen LogP contribution in [-0.2, 0) is 17.6 Å². The average Bonchev–Trinajstić information content (AvgIpc) is 3.34. The second-order valence-corrected chi connectivity index (χ2v) is 10.4. The molecule has 37 heavy (non-hydrogen) atoms. The normalized spacial score (nSPS) is 12.6. The zero-order valence-corrected chi connectivity index (χ0v) is 21.5. The summed E-state index contributed by atoms with van der Waals surface area (Å²) in [7, 11) is 0. The Morgan fingerprint density at radius 1 is 1.03 bits per heavy atom. The number of thioether (sulfide) groups is 1. The monoisotopic (exact) mass is 539 g/mol. The molecular formula is C28H24ClF2N3O2S. The minimum atomic E-state index is -0.691. The SMILES string of the molecule is O=C(CCCCSc1nc2cccc(F)c2c(=O)n1-c1ccc(Cl)c(F)c1)Nc1ccc2c(c1)CCC2. The van der Waals surface area contributed by atoms with Gasteiger partial charge in [0.1, 0.15) is 17.0 Å². The van der Waals surface area contributed by atoms with Crippen LogP contribution in [-0.4, -0.2) is 21.2 Å². The fourth-order valence-corrected chi connectivity index (χ4v) is 5.67. The number of hydrogen-bond donors (Lipinski definition) is 1. The highest BCUT2D eigenvalue weighted by Gasteiger charge is 2.17. The molecule has 1 heterocycles. The Hall–Kier alpha value is -3.23. The van der Waals surface area contributed by atoms with Crippen molar-refractivity contribution in [3.8, 4) is 5.69 Å². The highest BCUT2D eigenvalue weighted by molar-refractivity contribution is 7.99. The molecule has 1 aromatic heterocycles. The first kappa shape index (κ1) is 25.4. The van der Waals surface area contributed by atoms with Gasteiger partial charge in [-0.3, -0.25) is 14.2 Å². The molecule has 190 valence electrons. The van der Waals surface area contributed by atoms with Gasteiger partial charge in [0.25, 0.3) is 5.56 Å². The van der Waals surface area contributed by atoms with Crippen LogP contribution in [0.1, 0.15) is 36.8 Å². The Balaban J connectivity index is 1.26. The van der Waals surface area contributed by atoms with Crippen molar-refractivity contribution in [1.29, 1.82) is 0 Å². The molecule has 5 nitrogen and oxygen atoms in total. The smallest absolute Gasteiger partial charge is 0.269 e. The van der Waals surface area contributed by atoms with Gasteiger partial charge in [0.15, 0.2) is 5.16 Å². The molecular weight excluding hydrogens is 516 g/mol. The van der Waals surface area contributed by atoms with E-state index in [1.54, 1.807) is 6.07 Å². The summed E-state index contributed by atoms with van der Waals surface area (Å²) in [6.45, 7) is 0. The summed E-state index contributed by atoms with van der Waals surface area (Å²) in [4.78, 5) is 30.2. The summed E-state index contributed by atoms with van der Waals surface area (Å²) in [6.07, 6.45) is 5.01. The number of halogens is 3.